The second kappa shape index (κ2) is 5.29. The van der Waals surface area contributed by atoms with E-state index in [0.717, 1.165) is 37.8 Å². The van der Waals surface area contributed by atoms with Crippen LogP contribution in [0.15, 0.2) is 24.3 Å². The maximum Gasteiger partial charge on any atom is 0.123 e. The summed E-state index contributed by atoms with van der Waals surface area (Å²) in [6.07, 6.45) is 4.13. The van der Waals surface area contributed by atoms with Crippen molar-refractivity contribution in [2.24, 2.45) is 0 Å². The number of likely N-dealkylation sites (N-methyl/N-ethyl adjacent to an activating group) is 1. The Balaban J connectivity index is 1.35. The first-order valence-corrected chi connectivity index (χ1v) is 6.98. The second-order valence-corrected chi connectivity index (χ2v) is 5.47. The van der Waals surface area contributed by atoms with Crippen molar-refractivity contribution in [3.8, 4) is 5.75 Å². The van der Waals surface area contributed by atoms with Gasteiger partial charge < -0.3 is 15.0 Å². The van der Waals surface area contributed by atoms with Crippen LogP contribution in [0.2, 0.25) is 0 Å². The average molecular weight is 246 g/mol. The van der Waals surface area contributed by atoms with E-state index in [-0.39, 0.29) is 0 Å². The molecule has 1 fully saturated rings. The third kappa shape index (κ3) is 2.85. The van der Waals surface area contributed by atoms with Gasteiger partial charge in [0.2, 0.25) is 0 Å². The summed E-state index contributed by atoms with van der Waals surface area (Å²) in [5.74, 6) is 1.07. The highest BCUT2D eigenvalue weighted by atomic mass is 16.5. The standard InChI is InChI=1S/C15H22N2O/c1-17(13-6-7-13)9-8-16-11-14-10-12-4-2-3-5-15(12)18-14/h2-5,13-14,16H,6-11H2,1H3. The van der Waals surface area contributed by atoms with Crippen LogP contribution in [0.25, 0.3) is 0 Å². The van der Waals surface area contributed by atoms with Crippen LogP contribution in [-0.2, 0) is 6.42 Å². The number of benzene rings is 1. The molecule has 1 heterocycles. The van der Waals surface area contributed by atoms with Gasteiger partial charge in [-0.1, -0.05) is 18.2 Å². The number of nitrogens with zero attached hydrogens (tertiary/aromatic N) is 1. The normalized spacial score (nSPS) is 22.0. The Hall–Kier alpha value is -1.06. The van der Waals surface area contributed by atoms with Crippen molar-refractivity contribution < 1.29 is 4.74 Å². The number of ether oxygens (including phenoxy) is 1. The Morgan fingerprint density at radius 3 is 2.94 bits per heavy atom. The van der Waals surface area contributed by atoms with Crippen LogP contribution in [0.1, 0.15) is 18.4 Å². The van der Waals surface area contributed by atoms with E-state index in [9.17, 15) is 0 Å². The number of para-hydroxylation sites is 1. The van der Waals surface area contributed by atoms with E-state index in [1.807, 2.05) is 6.07 Å². The Labute approximate surface area is 109 Å². The molecule has 1 atom stereocenters. The summed E-state index contributed by atoms with van der Waals surface area (Å²) in [5, 5.41) is 3.51. The predicted octanol–water partition coefficient (Wildman–Crippen LogP) is 1.67. The molecule has 1 saturated carbocycles. The summed E-state index contributed by atoms with van der Waals surface area (Å²) in [6, 6.07) is 9.22. The van der Waals surface area contributed by atoms with Crippen molar-refractivity contribution in [1.82, 2.24) is 10.2 Å². The van der Waals surface area contributed by atoms with E-state index in [1.54, 1.807) is 0 Å². The van der Waals surface area contributed by atoms with Gasteiger partial charge in [0, 0.05) is 32.1 Å². The molecule has 1 aliphatic heterocycles. The zero-order valence-electron chi connectivity index (χ0n) is 11.1. The number of rotatable bonds is 6. The summed E-state index contributed by atoms with van der Waals surface area (Å²) in [5.41, 5.74) is 1.35. The highest BCUT2D eigenvalue weighted by Gasteiger charge is 2.25. The highest BCUT2D eigenvalue weighted by Crippen LogP contribution is 2.27. The van der Waals surface area contributed by atoms with Crippen LogP contribution >= 0.6 is 0 Å². The van der Waals surface area contributed by atoms with Crippen molar-refractivity contribution in [2.45, 2.75) is 31.4 Å². The minimum absolute atomic E-state index is 0.314. The molecule has 0 amide bonds. The van der Waals surface area contributed by atoms with Crippen molar-refractivity contribution in [3.63, 3.8) is 0 Å². The van der Waals surface area contributed by atoms with E-state index in [2.05, 4.69) is 35.5 Å². The SMILES string of the molecule is CN(CCNCC1Cc2ccccc2O1)C1CC1. The highest BCUT2D eigenvalue weighted by molar-refractivity contribution is 5.37. The van der Waals surface area contributed by atoms with Gasteiger partial charge in [0.25, 0.3) is 0 Å². The molecule has 98 valence electrons. The van der Waals surface area contributed by atoms with Crippen molar-refractivity contribution >= 4 is 0 Å². The third-order valence-corrected chi connectivity index (χ3v) is 3.90. The molecule has 0 aromatic heterocycles. The molecule has 1 aliphatic carbocycles. The van der Waals surface area contributed by atoms with Crippen LogP contribution in [-0.4, -0.2) is 43.7 Å². The third-order valence-electron chi connectivity index (χ3n) is 3.90. The van der Waals surface area contributed by atoms with Gasteiger partial charge in [0.15, 0.2) is 0 Å². The summed E-state index contributed by atoms with van der Waals surface area (Å²) in [6.45, 7) is 3.15. The van der Waals surface area contributed by atoms with Gasteiger partial charge >= 0.3 is 0 Å². The molecule has 2 aliphatic rings. The fraction of sp³-hybridized carbons (Fsp3) is 0.600. The van der Waals surface area contributed by atoms with Crippen LogP contribution < -0.4 is 10.1 Å². The molecule has 1 aromatic carbocycles. The van der Waals surface area contributed by atoms with E-state index in [0.29, 0.717) is 6.10 Å². The molecular formula is C15H22N2O. The fourth-order valence-corrected chi connectivity index (χ4v) is 2.58. The Kier molecular flexibility index (Phi) is 3.52. The van der Waals surface area contributed by atoms with Gasteiger partial charge in [-0.25, -0.2) is 0 Å². The topological polar surface area (TPSA) is 24.5 Å². The molecular weight excluding hydrogens is 224 g/mol. The predicted molar refractivity (Wildman–Crippen MR) is 73.1 cm³/mol. The molecule has 0 radical (unpaired) electrons. The molecule has 3 nitrogen and oxygen atoms in total. The van der Waals surface area contributed by atoms with Gasteiger partial charge in [-0.2, -0.15) is 0 Å². The maximum atomic E-state index is 5.90. The number of nitrogens with one attached hydrogen (secondary N) is 1. The van der Waals surface area contributed by atoms with Crippen LogP contribution in [0.4, 0.5) is 0 Å². The number of hydrogen-bond donors (Lipinski definition) is 1. The Morgan fingerprint density at radius 1 is 1.33 bits per heavy atom. The molecule has 18 heavy (non-hydrogen) atoms. The average Bonchev–Trinajstić information content (AvgIpc) is 3.14. The molecule has 0 saturated heterocycles. The molecule has 3 rings (SSSR count). The van der Waals surface area contributed by atoms with Gasteiger partial charge in [-0.05, 0) is 31.5 Å². The van der Waals surface area contributed by atoms with Crippen molar-refractivity contribution in [3.05, 3.63) is 29.8 Å². The lowest BCUT2D eigenvalue weighted by atomic mass is 10.1. The molecule has 1 aromatic rings. The van der Waals surface area contributed by atoms with E-state index in [4.69, 9.17) is 4.74 Å². The molecule has 1 N–H and O–H groups in total. The first-order valence-electron chi connectivity index (χ1n) is 6.98. The lowest BCUT2D eigenvalue weighted by molar-refractivity contribution is 0.223. The second-order valence-electron chi connectivity index (χ2n) is 5.47. The van der Waals surface area contributed by atoms with Crippen molar-refractivity contribution in [1.29, 1.82) is 0 Å². The fourth-order valence-electron chi connectivity index (χ4n) is 2.58. The largest absolute Gasteiger partial charge is 0.488 e. The first kappa shape index (κ1) is 12.0. The summed E-state index contributed by atoms with van der Waals surface area (Å²) in [7, 11) is 2.22. The van der Waals surface area contributed by atoms with E-state index < -0.39 is 0 Å². The smallest absolute Gasteiger partial charge is 0.123 e. The number of fused-ring (bicyclic) bond motifs is 1. The van der Waals surface area contributed by atoms with Gasteiger partial charge in [-0.3, -0.25) is 0 Å². The minimum atomic E-state index is 0.314. The van der Waals surface area contributed by atoms with Crippen molar-refractivity contribution in [2.75, 3.05) is 26.7 Å². The molecule has 3 heteroatoms. The molecule has 0 spiro atoms. The van der Waals surface area contributed by atoms with Crippen LogP contribution in [0, 0.1) is 0 Å². The van der Waals surface area contributed by atoms with Gasteiger partial charge in [-0.15, -0.1) is 0 Å². The Bertz CT molecular complexity index is 378. The lowest BCUT2D eigenvalue weighted by Gasteiger charge is -2.17. The number of hydrogen-bond acceptors (Lipinski definition) is 3. The van der Waals surface area contributed by atoms with Crippen LogP contribution in [0.5, 0.6) is 5.75 Å². The molecule has 0 bridgehead atoms. The molecule has 1 unspecified atom stereocenters. The Morgan fingerprint density at radius 2 is 2.17 bits per heavy atom. The summed E-state index contributed by atoms with van der Waals surface area (Å²) in [4.78, 5) is 2.46. The lowest BCUT2D eigenvalue weighted by Crippen LogP contribution is -2.36. The van der Waals surface area contributed by atoms with Gasteiger partial charge in [0.05, 0.1) is 0 Å². The quantitative estimate of drug-likeness (QED) is 0.773. The minimum Gasteiger partial charge on any atom is -0.488 e. The van der Waals surface area contributed by atoms with Crippen LogP contribution in [0.3, 0.4) is 0 Å². The first-order chi connectivity index (χ1) is 8.83. The maximum absolute atomic E-state index is 5.90. The summed E-state index contributed by atoms with van der Waals surface area (Å²) >= 11 is 0. The summed E-state index contributed by atoms with van der Waals surface area (Å²) < 4.78 is 5.90. The zero-order valence-corrected chi connectivity index (χ0v) is 11.1. The monoisotopic (exact) mass is 246 g/mol. The van der Waals surface area contributed by atoms with E-state index in [1.165, 1.54) is 18.4 Å². The van der Waals surface area contributed by atoms with E-state index >= 15 is 0 Å². The van der Waals surface area contributed by atoms with Gasteiger partial charge in [0.1, 0.15) is 11.9 Å². The zero-order chi connectivity index (χ0) is 12.4.